The van der Waals surface area contributed by atoms with E-state index in [-0.39, 0.29) is 42.7 Å². The van der Waals surface area contributed by atoms with Crippen LogP contribution >= 0.6 is 0 Å². The van der Waals surface area contributed by atoms with Gasteiger partial charge in [-0.25, -0.2) is 0 Å². The molecule has 0 spiro atoms. The molecular weight excluding hydrogens is 658 g/mol. The van der Waals surface area contributed by atoms with E-state index in [4.69, 9.17) is 0 Å². The molecule has 13 heteroatoms. The number of pyridine rings is 4. The predicted octanol–water partition coefficient (Wildman–Crippen LogP) is -2.22. The van der Waals surface area contributed by atoms with Crippen LogP contribution in [0.1, 0.15) is 41.4 Å². The average molecular weight is 675 g/mol. The summed E-state index contributed by atoms with van der Waals surface area (Å²) in [6, 6.07) is 11.1. The second-order valence-corrected chi connectivity index (χ2v) is 6.09. The van der Waals surface area contributed by atoms with Crippen molar-refractivity contribution in [3.8, 4) is 0 Å². The first kappa shape index (κ1) is 32.1. The molecule has 0 aliphatic heterocycles. The topological polar surface area (TPSA) is 212 Å². The Morgan fingerprint density at radius 1 is 0.378 bits per heavy atom. The molecule has 4 aromatic rings. The van der Waals surface area contributed by atoms with Crippen molar-refractivity contribution in [2.75, 3.05) is 0 Å². The van der Waals surface area contributed by atoms with Crippen molar-refractivity contribution in [1.82, 2.24) is 19.9 Å². The monoisotopic (exact) mass is 675 g/mol. The summed E-state index contributed by atoms with van der Waals surface area (Å²) in [6.45, 7) is 0. The zero-order valence-electron chi connectivity index (χ0n) is 18.7. The number of hydrogen-bond acceptors (Lipinski definition) is 12. The third-order valence-electron chi connectivity index (χ3n) is 3.66. The number of aromatic nitrogens is 4. The fourth-order valence-corrected chi connectivity index (χ4v) is 1.95. The number of nitrogens with zero attached hydrogens (tertiary/aromatic N) is 4. The van der Waals surface area contributed by atoms with Gasteiger partial charge in [-0.15, -0.1) is 0 Å². The average Bonchev–Trinajstić information content (AvgIpc) is 2.92. The van der Waals surface area contributed by atoms with Crippen molar-refractivity contribution < 1.29 is 60.0 Å². The van der Waals surface area contributed by atoms with Gasteiger partial charge >= 0.3 is 0 Å². The predicted molar refractivity (Wildman–Crippen MR) is 114 cm³/mol. The molecule has 1 radical (unpaired) electrons. The normalized spacial score (nSPS) is 8.65. The number of carboxylic acids is 4. The van der Waals surface area contributed by atoms with Crippen LogP contribution in [0.15, 0.2) is 98.1 Å². The van der Waals surface area contributed by atoms with E-state index in [2.05, 4.69) is 19.9 Å². The molecular formula is C24H16N4O8Re-4. The zero-order chi connectivity index (χ0) is 26.8. The summed E-state index contributed by atoms with van der Waals surface area (Å²) in [6.07, 6.45) is 11.3. The van der Waals surface area contributed by atoms with E-state index in [9.17, 15) is 39.6 Å². The van der Waals surface area contributed by atoms with Crippen molar-refractivity contribution in [3.05, 3.63) is 120 Å². The molecule has 12 nitrogen and oxygen atoms in total. The first-order valence-corrected chi connectivity index (χ1v) is 9.67. The maximum atomic E-state index is 10.1. The van der Waals surface area contributed by atoms with Gasteiger partial charge in [-0.1, -0.05) is 0 Å². The summed E-state index contributed by atoms with van der Waals surface area (Å²) in [5, 5.41) is 40.2. The van der Waals surface area contributed by atoms with Crippen molar-refractivity contribution >= 4 is 23.9 Å². The maximum absolute atomic E-state index is 10.1. The van der Waals surface area contributed by atoms with E-state index in [1.807, 2.05) is 0 Å². The number of aromatic carboxylic acids is 4. The number of hydrogen-bond donors (Lipinski definition) is 0. The van der Waals surface area contributed by atoms with E-state index < -0.39 is 23.9 Å². The SMILES string of the molecule is O=C([O-])c1ccncc1.O=C([O-])c1ccncc1.O=C([O-])c1ccncc1.O=C([O-])c1ccncc1.[Re]. The Bertz CT molecular complexity index is 1030. The smallest absolute Gasteiger partial charge is 0.0716 e. The second kappa shape index (κ2) is 18.5. The molecule has 4 heterocycles. The van der Waals surface area contributed by atoms with E-state index >= 15 is 0 Å². The van der Waals surface area contributed by atoms with E-state index in [1.165, 1.54) is 98.1 Å². The summed E-state index contributed by atoms with van der Waals surface area (Å²) < 4.78 is 0. The van der Waals surface area contributed by atoms with Gasteiger partial charge in [0.1, 0.15) is 0 Å². The summed E-state index contributed by atoms with van der Waals surface area (Å²) in [4.78, 5) is 54.8. The second-order valence-electron chi connectivity index (χ2n) is 6.09. The third kappa shape index (κ3) is 14.2. The Balaban J connectivity index is 0.000000463. The summed E-state index contributed by atoms with van der Waals surface area (Å²) in [7, 11) is 0. The molecule has 0 fully saturated rings. The molecule has 0 unspecified atom stereocenters. The van der Waals surface area contributed by atoms with Gasteiger partial charge in [0.05, 0.1) is 23.9 Å². The van der Waals surface area contributed by atoms with Gasteiger partial charge in [0, 0.05) is 92.3 Å². The van der Waals surface area contributed by atoms with Gasteiger partial charge < -0.3 is 39.6 Å². The maximum Gasteiger partial charge on any atom is 0.0716 e. The standard InChI is InChI=1S/4C6H5NO2.Re/c4*8-6(9)5-1-3-7-4-2-5;/h4*1-4H,(H,8,9);/p-4. The van der Waals surface area contributed by atoms with Crippen LogP contribution in [-0.2, 0) is 20.4 Å². The molecule has 0 bridgehead atoms. The Labute approximate surface area is 224 Å². The van der Waals surface area contributed by atoms with Gasteiger partial charge in [-0.2, -0.15) is 0 Å². The van der Waals surface area contributed by atoms with Crippen LogP contribution in [0, 0.1) is 0 Å². The minimum Gasteiger partial charge on any atom is -0.545 e. The molecule has 0 aliphatic carbocycles. The minimum absolute atomic E-state index is 0. The van der Waals surface area contributed by atoms with Crippen molar-refractivity contribution in [2.45, 2.75) is 0 Å². The van der Waals surface area contributed by atoms with Gasteiger partial charge in [-0.05, 0) is 48.5 Å². The van der Waals surface area contributed by atoms with Gasteiger partial charge in [0.2, 0.25) is 0 Å². The van der Waals surface area contributed by atoms with Crippen LogP contribution in [0.2, 0.25) is 0 Å². The molecule has 4 aromatic heterocycles. The number of carbonyl (C=O) groups is 4. The minimum atomic E-state index is -1.17. The molecule has 0 saturated carbocycles. The van der Waals surface area contributed by atoms with Crippen molar-refractivity contribution in [2.24, 2.45) is 0 Å². The van der Waals surface area contributed by atoms with Crippen LogP contribution in [-0.4, -0.2) is 43.8 Å². The van der Waals surface area contributed by atoms with Gasteiger partial charge in [0.25, 0.3) is 0 Å². The third-order valence-corrected chi connectivity index (χ3v) is 3.66. The molecule has 0 amide bonds. The number of carboxylic acid groups (broad SMARTS) is 4. The van der Waals surface area contributed by atoms with E-state index in [1.54, 1.807) is 0 Å². The quantitative estimate of drug-likeness (QED) is 0.225. The molecule has 0 N–H and O–H groups in total. The molecule has 4 rings (SSSR count). The van der Waals surface area contributed by atoms with Crippen LogP contribution in [0.25, 0.3) is 0 Å². The Morgan fingerprint density at radius 3 is 0.595 bits per heavy atom. The van der Waals surface area contributed by atoms with Gasteiger partial charge in [0.15, 0.2) is 0 Å². The molecule has 37 heavy (non-hydrogen) atoms. The number of carbonyl (C=O) groups excluding carboxylic acids is 4. The molecule has 0 aliphatic rings. The van der Waals surface area contributed by atoms with Crippen LogP contribution in [0.3, 0.4) is 0 Å². The molecule has 0 atom stereocenters. The van der Waals surface area contributed by atoms with Crippen LogP contribution in [0.4, 0.5) is 0 Å². The van der Waals surface area contributed by atoms with Crippen molar-refractivity contribution in [3.63, 3.8) is 0 Å². The van der Waals surface area contributed by atoms with Crippen LogP contribution in [0.5, 0.6) is 0 Å². The Hall–Kier alpha value is -4.86. The number of rotatable bonds is 4. The van der Waals surface area contributed by atoms with Crippen LogP contribution < -0.4 is 20.4 Å². The fourth-order valence-electron chi connectivity index (χ4n) is 1.95. The molecule has 0 aromatic carbocycles. The zero-order valence-corrected chi connectivity index (χ0v) is 21.4. The summed E-state index contributed by atoms with van der Waals surface area (Å²) in [5.41, 5.74) is 0.630. The Morgan fingerprint density at radius 2 is 0.514 bits per heavy atom. The van der Waals surface area contributed by atoms with Gasteiger partial charge in [-0.3, -0.25) is 19.9 Å². The van der Waals surface area contributed by atoms with Crippen molar-refractivity contribution in [1.29, 1.82) is 0 Å². The molecule has 191 valence electrons. The Kier molecular flexibility index (Phi) is 16.0. The molecule has 0 saturated heterocycles. The largest absolute Gasteiger partial charge is 0.545 e. The summed E-state index contributed by atoms with van der Waals surface area (Å²) in [5.74, 6) is -4.68. The first-order chi connectivity index (χ1) is 17.2. The van der Waals surface area contributed by atoms with E-state index in [0.29, 0.717) is 0 Å². The summed E-state index contributed by atoms with van der Waals surface area (Å²) >= 11 is 0. The first-order valence-electron chi connectivity index (χ1n) is 9.67. The van der Waals surface area contributed by atoms with E-state index in [0.717, 1.165) is 0 Å². The fraction of sp³-hybridized carbons (Fsp3) is 0.